The van der Waals surface area contributed by atoms with E-state index in [1.165, 1.54) is 11.0 Å². The van der Waals surface area contributed by atoms with Gasteiger partial charge in [0.1, 0.15) is 6.61 Å². The van der Waals surface area contributed by atoms with Gasteiger partial charge in [-0.25, -0.2) is 4.79 Å². The van der Waals surface area contributed by atoms with Crippen LogP contribution < -0.4 is 0 Å². The van der Waals surface area contributed by atoms with Crippen molar-refractivity contribution in [2.45, 2.75) is 37.9 Å². The van der Waals surface area contributed by atoms with E-state index in [4.69, 9.17) is 4.74 Å². The molecule has 0 N–H and O–H groups in total. The molecule has 1 aromatic rings. The predicted molar refractivity (Wildman–Crippen MR) is 76.1 cm³/mol. The maximum atomic E-state index is 12.9. The van der Waals surface area contributed by atoms with Crippen molar-refractivity contribution in [1.29, 1.82) is 0 Å². The Balaban J connectivity index is 2.43. The van der Waals surface area contributed by atoms with Gasteiger partial charge in [-0.15, -0.1) is 0 Å². The molecule has 1 aliphatic rings. The second-order valence-corrected chi connectivity index (χ2v) is 5.48. The Bertz CT molecular complexity index is 544. The molecule has 3 nitrogen and oxygen atoms in total. The number of unbranched alkanes of at least 4 members (excludes halogenated alkanes) is 1. The number of cyclic esters (lactones) is 1. The van der Waals surface area contributed by atoms with Gasteiger partial charge in [-0.2, -0.15) is 13.2 Å². The number of hydrogen-bond acceptors (Lipinski definition) is 2. The molecular weight excluding hydrogens is 295 g/mol. The lowest BCUT2D eigenvalue weighted by Crippen LogP contribution is -2.45. The van der Waals surface area contributed by atoms with Crippen LogP contribution in [-0.2, 0) is 16.5 Å². The zero-order valence-electron chi connectivity index (χ0n) is 12.4. The van der Waals surface area contributed by atoms with Crippen molar-refractivity contribution >= 4 is 6.09 Å². The number of alkyl halides is 3. The molecular formula is C16H19F3NO2. The Morgan fingerprint density at radius 1 is 1.32 bits per heavy atom. The molecule has 22 heavy (non-hydrogen) atoms. The molecule has 0 bridgehead atoms. The SMILES string of the molecule is [CH2]C(CCCC)(c1cccc(C(F)(F)F)c1)N1CCOC1=O. The van der Waals surface area contributed by atoms with E-state index in [1.807, 2.05) is 6.92 Å². The fourth-order valence-electron chi connectivity index (χ4n) is 2.67. The van der Waals surface area contributed by atoms with E-state index in [1.54, 1.807) is 6.07 Å². The molecule has 0 spiro atoms. The van der Waals surface area contributed by atoms with Crippen molar-refractivity contribution in [3.05, 3.63) is 42.3 Å². The summed E-state index contributed by atoms with van der Waals surface area (Å²) in [5.41, 5.74) is -1.39. The molecule has 2 rings (SSSR count). The Morgan fingerprint density at radius 2 is 2.00 bits per heavy atom. The highest BCUT2D eigenvalue weighted by Gasteiger charge is 2.41. The van der Waals surface area contributed by atoms with Crippen LogP contribution in [0.15, 0.2) is 24.3 Å². The minimum Gasteiger partial charge on any atom is -0.448 e. The number of ether oxygens (including phenoxy) is 1. The second-order valence-electron chi connectivity index (χ2n) is 5.48. The molecule has 1 aliphatic heterocycles. The fraction of sp³-hybridized carbons (Fsp3) is 0.500. The van der Waals surface area contributed by atoms with E-state index in [9.17, 15) is 18.0 Å². The number of rotatable bonds is 5. The van der Waals surface area contributed by atoms with E-state index in [2.05, 4.69) is 6.92 Å². The number of nitrogens with zero attached hydrogens (tertiary/aromatic N) is 1. The summed E-state index contributed by atoms with van der Waals surface area (Å²) in [5.74, 6) is 0. The van der Waals surface area contributed by atoms with Gasteiger partial charge >= 0.3 is 12.3 Å². The molecule has 1 amide bonds. The minimum atomic E-state index is -4.42. The summed E-state index contributed by atoms with van der Waals surface area (Å²) in [5, 5.41) is 0. The van der Waals surface area contributed by atoms with Gasteiger partial charge in [-0.05, 0) is 31.0 Å². The van der Waals surface area contributed by atoms with Gasteiger partial charge in [0.25, 0.3) is 0 Å². The average Bonchev–Trinajstić information content (AvgIpc) is 2.91. The van der Waals surface area contributed by atoms with Crippen LogP contribution in [-0.4, -0.2) is 24.1 Å². The summed E-state index contributed by atoms with van der Waals surface area (Å²) in [6.07, 6.45) is -2.85. The van der Waals surface area contributed by atoms with Crippen molar-refractivity contribution in [3.8, 4) is 0 Å². The summed E-state index contributed by atoms with van der Waals surface area (Å²) in [6, 6.07) is 5.04. The Labute approximate surface area is 128 Å². The molecule has 1 fully saturated rings. The lowest BCUT2D eigenvalue weighted by atomic mass is 9.84. The van der Waals surface area contributed by atoms with E-state index in [0.717, 1.165) is 25.0 Å². The number of hydrogen-bond donors (Lipinski definition) is 0. The number of halogens is 3. The number of carbonyl (C=O) groups excluding carboxylic acids is 1. The molecule has 1 unspecified atom stereocenters. The van der Waals surface area contributed by atoms with Crippen LogP contribution in [0.1, 0.15) is 37.3 Å². The first-order chi connectivity index (χ1) is 10.3. The fourth-order valence-corrected chi connectivity index (χ4v) is 2.67. The van der Waals surface area contributed by atoms with Crippen molar-refractivity contribution in [2.75, 3.05) is 13.2 Å². The third-order valence-electron chi connectivity index (χ3n) is 3.95. The van der Waals surface area contributed by atoms with Crippen LogP contribution in [0.5, 0.6) is 0 Å². The van der Waals surface area contributed by atoms with Gasteiger partial charge in [0, 0.05) is 0 Å². The van der Waals surface area contributed by atoms with E-state index in [0.29, 0.717) is 18.5 Å². The Kier molecular flexibility index (Phi) is 4.68. The standard InChI is InChI=1S/C16H19F3NO2/c1-3-4-8-15(2,20-9-10-22-14(20)21)12-6-5-7-13(11-12)16(17,18)19/h5-7,11H,2-4,8-10H2,1H3. The first-order valence-corrected chi connectivity index (χ1v) is 7.26. The average molecular weight is 314 g/mol. The summed E-state index contributed by atoms with van der Waals surface area (Å²) in [4.78, 5) is 13.3. The quantitative estimate of drug-likeness (QED) is 0.807. The van der Waals surface area contributed by atoms with Crippen molar-refractivity contribution in [1.82, 2.24) is 4.90 Å². The molecule has 1 saturated heterocycles. The van der Waals surface area contributed by atoms with Gasteiger partial charge in [-0.3, -0.25) is 4.90 Å². The lowest BCUT2D eigenvalue weighted by Gasteiger charge is -2.38. The maximum absolute atomic E-state index is 12.9. The molecule has 0 saturated carbocycles. The summed E-state index contributed by atoms with van der Waals surface area (Å²) >= 11 is 0. The van der Waals surface area contributed by atoms with Gasteiger partial charge in [0.15, 0.2) is 0 Å². The van der Waals surface area contributed by atoms with Crippen LogP contribution >= 0.6 is 0 Å². The van der Waals surface area contributed by atoms with Gasteiger partial charge in [-0.1, -0.05) is 31.9 Å². The third kappa shape index (κ3) is 3.20. The first-order valence-electron chi connectivity index (χ1n) is 7.26. The number of amides is 1. The molecule has 1 heterocycles. The molecule has 0 aromatic heterocycles. The van der Waals surface area contributed by atoms with E-state index in [-0.39, 0.29) is 6.61 Å². The zero-order chi connectivity index (χ0) is 16.4. The Morgan fingerprint density at radius 3 is 2.55 bits per heavy atom. The summed E-state index contributed by atoms with van der Waals surface area (Å²) in [7, 11) is 0. The van der Waals surface area contributed by atoms with Gasteiger partial charge in [0.2, 0.25) is 0 Å². The van der Waals surface area contributed by atoms with Crippen LogP contribution in [0.25, 0.3) is 0 Å². The van der Waals surface area contributed by atoms with Crippen LogP contribution in [0.4, 0.5) is 18.0 Å². The van der Waals surface area contributed by atoms with Crippen LogP contribution in [0.3, 0.4) is 0 Å². The highest BCUT2D eigenvalue weighted by atomic mass is 19.4. The first kappa shape index (κ1) is 16.6. The molecule has 6 heteroatoms. The molecule has 1 atom stereocenters. The Hall–Kier alpha value is -1.72. The number of carbonyl (C=O) groups is 1. The minimum absolute atomic E-state index is 0.237. The predicted octanol–water partition coefficient (Wildman–Crippen LogP) is 4.38. The van der Waals surface area contributed by atoms with E-state index < -0.39 is 23.4 Å². The van der Waals surface area contributed by atoms with Gasteiger partial charge < -0.3 is 4.74 Å². The van der Waals surface area contributed by atoms with Crippen molar-refractivity contribution in [2.24, 2.45) is 0 Å². The largest absolute Gasteiger partial charge is 0.448 e. The summed E-state index contributed by atoms with van der Waals surface area (Å²) in [6.45, 7) is 6.64. The van der Waals surface area contributed by atoms with Crippen LogP contribution in [0, 0.1) is 6.92 Å². The summed E-state index contributed by atoms with van der Waals surface area (Å²) < 4.78 is 43.7. The second kappa shape index (κ2) is 6.18. The monoisotopic (exact) mass is 314 g/mol. The molecule has 0 aliphatic carbocycles. The smallest absolute Gasteiger partial charge is 0.416 e. The van der Waals surface area contributed by atoms with Crippen LogP contribution in [0.2, 0.25) is 0 Å². The van der Waals surface area contributed by atoms with Gasteiger partial charge in [0.05, 0.1) is 17.6 Å². The molecule has 1 aromatic carbocycles. The number of benzene rings is 1. The third-order valence-corrected chi connectivity index (χ3v) is 3.95. The topological polar surface area (TPSA) is 29.5 Å². The van der Waals surface area contributed by atoms with Crippen molar-refractivity contribution in [3.63, 3.8) is 0 Å². The molecule has 121 valence electrons. The zero-order valence-corrected chi connectivity index (χ0v) is 12.4. The normalized spacial score (nSPS) is 18.2. The highest BCUT2D eigenvalue weighted by Crippen LogP contribution is 2.38. The lowest BCUT2D eigenvalue weighted by molar-refractivity contribution is -0.137. The maximum Gasteiger partial charge on any atom is 0.416 e. The molecule has 1 radical (unpaired) electrons. The van der Waals surface area contributed by atoms with Crippen molar-refractivity contribution < 1.29 is 22.7 Å². The van der Waals surface area contributed by atoms with E-state index >= 15 is 0 Å². The highest BCUT2D eigenvalue weighted by molar-refractivity contribution is 5.71.